The summed E-state index contributed by atoms with van der Waals surface area (Å²) in [7, 11) is -3.17. The monoisotopic (exact) mass is 382 g/mol. The van der Waals surface area contributed by atoms with Crippen LogP contribution < -0.4 is 20.3 Å². The van der Waals surface area contributed by atoms with Gasteiger partial charge in [-0.1, -0.05) is 6.07 Å². The highest BCUT2D eigenvalue weighted by Crippen LogP contribution is 2.17. The first-order valence-electron chi connectivity index (χ1n) is 9.04. The van der Waals surface area contributed by atoms with Crippen LogP contribution in [-0.2, 0) is 10.0 Å². The van der Waals surface area contributed by atoms with Gasteiger partial charge in [0.15, 0.2) is 5.96 Å². The maximum Gasteiger partial charge on any atom is 0.208 e. The Morgan fingerprint density at radius 2 is 2.08 bits per heavy atom. The molecule has 1 aliphatic heterocycles. The van der Waals surface area contributed by atoms with Gasteiger partial charge in [0.05, 0.1) is 12.8 Å². The maximum absolute atomic E-state index is 11.1. The van der Waals surface area contributed by atoms with Gasteiger partial charge in [0.25, 0.3) is 0 Å². The molecule has 1 aromatic heterocycles. The number of guanidine groups is 1. The fourth-order valence-electron chi connectivity index (χ4n) is 2.81. The van der Waals surface area contributed by atoms with Gasteiger partial charge in [-0.15, -0.1) is 0 Å². The topological polar surface area (TPSA) is 98.7 Å². The van der Waals surface area contributed by atoms with Crippen LogP contribution in [0.3, 0.4) is 0 Å². The minimum Gasteiger partial charge on any atom is -0.357 e. The summed E-state index contributed by atoms with van der Waals surface area (Å²) in [5.74, 6) is 1.76. The fraction of sp³-hybridized carbons (Fsp3) is 0.647. The lowest BCUT2D eigenvalue weighted by Crippen LogP contribution is -2.49. The lowest BCUT2D eigenvalue weighted by Gasteiger charge is -2.33. The van der Waals surface area contributed by atoms with Crippen LogP contribution in [0.5, 0.6) is 0 Å². The Balaban J connectivity index is 1.81. The number of hydrogen-bond donors (Lipinski definition) is 3. The molecule has 3 N–H and O–H groups in total. The van der Waals surface area contributed by atoms with E-state index < -0.39 is 10.0 Å². The molecule has 1 saturated heterocycles. The fourth-order valence-corrected chi connectivity index (χ4v) is 3.27. The van der Waals surface area contributed by atoms with Gasteiger partial charge in [-0.05, 0) is 38.3 Å². The van der Waals surface area contributed by atoms with Crippen LogP contribution in [-0.4, -0.2) is 64.4 Å². The van der Waals surface area contributed by atoms with Gasteiger partial charge in [0, 0.05) is 38.4 Å². The zero-order chi connectivity index (χ0) is 19.0. The van der Waals surface area contributed by atoms with E-state index in [9.17, 15) is 8.42 Å². The summed E-state index contributed by atoms with van der Waals surface area (Å²) in [5, 5.41) is 6.66. The summed E-state index contributed by atoms with van der Waals surface area (Å²) >= 11 is 0. The van der Waals surface area contributed by atoms with E-state index in [1.807, 2.05) is 20.0 Å². The first kappa shape index (κ1) is 20.4. The first-order chi connectivity index (χ1) is 12.4. The summed E-state index contributed by atoms with van der Waals surface area (Å²) in [6.07, 6.45) is 5.06. The molecule has 1 aliphatic rings. The van der Waals surface area contributed by atoms with Crippen molar-refractivity contribution in [1.82, 2.24) is 20.3 Å². The molecular formula is C17H30N6O2S. The van der Waals surface area contributed by atoms with Crippen LogP contribution in [0.1, 0.15) is 25.3 Å². The second kappa shape index (κ2) is 9.72. The number of aryl methyl sites for hydroxylation is 1. The van der Waals surface area contributed by atoms with Crippen LogP contribution in [0.15, 0.2) is 23.3 Å². The largest absolute Gasteiger partial charge is 0.357 e. The van der Waals surface area contributed by atoms with Crippen molar-refractivity contribution < 1.29 is 8.42 Å². The zero-order valence-electron chi connectivity index (χ0n) is 15.8. The maximum atomic E-state index is 11.1. The van der Waals surface area contributed by atoms with Gasteiger partial charge in [0.1, 0.15) is 5.82 Å². The van der Waals surface area contributed by atoms with Crippen LogP contribution in [0.4, 0.5) is 5.82 Å². The number of hydrogen-bond acceptors (Lipinski definition) is 5. The predicted octanol–water partition coefficient (Wildman–Crippen LogP) is 0.463. The number of piperidine rings is 1. The molecule has 0 radical (unpaired) electrons. The summed E-state index contributed by atoms with van der Waals surface area (Å²) in [4.78, 5) is 11.2. The van der Waals surface area contributed by atoms with Gasteiger partial charge < -0.3 is 15.5 Å². The molecule has 8 nitrogen and oxygen atoms in total. The second-order valence-electron chi connectivity index (χ2n) is 6.53. The molecule has 0 atom stereocenters. The summed E-state index contributed by atoms with van der Waals surface area (Å²) in [5.41, 5.74) is 1.17. The van der Waals surface area contributed by atoms with E-state index >= 15 is 0 Å². The van der Waals surface area contributed by atoms with Crippen molar-refractivity contribution in [2.75, 3.05) is 43.9 Å². The Hall–Kier alpha value is -1.87. The van der Waals surface area contributed by atoms with Gasteiger partial charge in [-0.2, -0.15) is 0 Å². The number of rotatable bonds is 7. The predicted molar refractivity (Wildman–Crippen MR) is 106 cm³/mol. The number of aliphatic imine (C=N–C) groups is 1. The van der Waals surface area contributed by atoms with Gasteiger partial charge in [-0.25, -0.2) is 18.1 Å². The number of nitrogens with one attached hydrogen (secondary N) is 3. The number of aromatic nitrogens is 1. The molecule has 2 rings (SSSR count). The van der Waals surface area contributed by atoms with Crippen molar-refractivity contribution in [3.8, 4) is 0 Å². The molecule has 0 unspecified atom stereocenters. The highest BCUT2D eigenvalue weighted by molar-refractivity contribution is 7.88. The van der Waals surface area contributed by atoms with Crippen molar-refractivity contribution in [2.24, 2.45) is 4.99 Å². The molecule has 2 heterocycles. The minimum absolute atomic E-state index is 0.299. The van der Waals surface area contributed by atoms with Crippen LogP contribution >= 0.6 is 0 Å². The van der Waals surface area contributed by atoms with Crippen molar-refractivity contribution in [1.29, 1.82) is 0 Å². The van der Waals surface area contributed by atoms with E-state index in [-0.39, 0.29) is 0 Å². The molecule has 9 heteroatoms. The highest BCUT2D eigenvalue weighted by Gasteiger charge is 2.20. The van der Waals surface area contributed by atoms with Crippen molar-refractivity contribution in [3.05, 3.63) is 23.9 Å². The molecule has 0 spiro atoms. The first-order valence-corrected chi connectivity index (χ1v) is 10.9. The third kappa shape index (κ3) is 7.17. The molecule has 1 aromatic rings. The summed E-state index contributed by atoms with van der Waals surface area (Å²) in [6, 6.07) is 4.51. The lowest BCUT2D eigenvalue weighted by molar-refractivity contribution is 0.459. The third-order valence-electron chi connectivity index (χ3n) is 4.15. The van der Waals surface area contributed by atoms with E-state index in [4.69, 9.17) is 0 Å². The van der Waals surface area contributed by atoms with Gasteiger partial charge in [0.2, 0.25) is 10.0 Å². The van der Waals surface area contributed by atoms with Gasteiger partial charge >= 0.3 is 0 Å². The SMILES string of the molecule is CCNC(=NCCNS(C)(=O)=O)NC1CCN(c2ccc(C)cn2)CC1. The normalized spacial score (nSPS) is 16.6. The molecular weight excluding hydrogens is 352 g/mol. The van der Waals surface area contributed by atoms with Gasteiger partial charge in [-0.3, -0.25) is 4.99 Å². The van der Waals surface area contributed by atoms with E-state index in [1.54, 1.807) is 0 Å². The second-order valence-corrected chi connectivity index (χ2v) is 8.36. The minimum atomic E-state index is -3.17. The molecule has 0 saturated carbocycles. The lowest BCUT2D eigenvalue weighted by atomic mass is 10.1. The molecule has 0 bridgehead atoms. The molecule has 146 valence electrons. The molecule has 0 aliphatic carbocycles. The Morgan fingerprint density at radius 1 is 1.35 bits per heavy atom. The Labute approximate surface area is 156 Å². The number of nitrogens with zero attached hydrogens (tertiary/aromatic N) is 3. The van der Waals surface area contributed by atoms with E-state index in [0.717, 1.165) is 50.5 Å². The number of pyridine rings is 1. The molecule has 0 aromatic carbocycles. The smallest absolute Gasteiger partial charge is 0.208 e. The molecule has 1 fully saturated rings. The van der Waals surface area contributed by atoms with Crippen molar-refractivity contribution >= 4 is 21.8 Å². The average Bonchev–Trinajstić information content (AvgIpc) is 2.59. The third-order valence-corrected chi connectivity index (χ3v) is 4.87. The average molecular weight is 383 g/mol. The highest BCUT2D eigenvalue weighted by atomic mass is 32.2. The van der Waals surface area contributed by atoms with Crippen LogP contribution in [0, 0.1) is 6.92 Å². The number of anilines is 1. The van der Waals surface area contributed by atoms with Crippen LogP contribution in [0.25, 0.3) is 0 Å². The zero-order valence-corrected chi connectivity index (χ0v) is 16.6. The molecule has 26 heavy (non-hydrogen) atoms. The van der Waals surface area contributed by atoms with Crippen molar-refractivity contribution in [2.45, 2.75) is 32.7 Å². The molecule has 0 amide bonds. The number of sulfonamides is 1. The Morgan fingerprint density at radius 3 is 2.65 bits per heavy atom. The summed E-state index contributed by atoms with van der Waals surface area (Å²) < 4.78 is 24.6. The van der Waals surface area contributed by atoms with Crippen LogP contribution in [0.2, 0.25) is 0 Å². The van der Waals surface area contributed by atoms with E-state index in [2.05, 4.69) is 42.4 Å². The Kier molecular flexibility index (Phi) is 7.65. The Bertz CT molecular complexity index is 682. The standard InChI is InChI=1S/C17H30N6O2S/c1-4-18-17(19-9-10-21-26(3,24)25)22-15-7-11-23(12-8-15)16-6-5-14(2)13-20-16/h5-6,13,15,21H,4,7-12H2,1-3H3,(H2,18,19,22). The van der Waals surface area contributed by atoms with Crippen molar-refractivity contribution in [3.63, 3.8) is 0 Å². The quantitative estimate of drug-likeness (QED) is 0.360. The van der Waals surface area contributed by atoms with E-state index in [0.29, 0.717) is 19.1 Å². The summed E-state index contributed by atoms with van der Waals surface area (Å²) in [6.45, 7) is 7.40. The van der Waals surface area contributed by atoms with E-state index in [1.165, 1.54) is 5.56 Å².